The van der Waals surface area contributed by atoms with Crippen LogP contribution in [0, 0.1) is 0 Å². The van der Waals surface area contributed by atoms with Gasteiger partial charge in [0.2, 0.25) is 0 Å². The van der Waals surface area contributed by atoms with Gasteiger partial charge in [0.05, 0.1) is 4.90 Å². The van der Waals surface area contributed by atoms with Crippen LogP contribution in [0.25, 0.3) is 0 Å². The summed E-state index contributed by atoms with van der Waals surface area (Å²) in [5, 5.41) is 2.70. The first-order valence-corrected chi connectivity index (χ1v) is 7.28. The van der Waals surface area contributed by atoms with Crippen LogP contribution < -0.4 is 5.32 Å². The Morgan fingerprint density at radius 3 is 2.56 bits per heavy atom. The first-order chi connectivity index (χ1) is 7.63. The van der Waals surface area contributed by atoms with E-state index < -0.39 is 9.84 Å². The fourth-order valence-electron chi connectivity index (χ4n) is 2.18. The van der Waals surface area contributed by atoms with Crippen LogP contribution in [0.5, 0.6) is 0 Å². The highest BCUT2D eigenvalue weighted by Crippen LogP contribution is 2.24. The molecule has 0 aliphatic heterocycles. The van der Waals surface area contributed by atoms with Crippen molar-refractivity contribution in [1.82, 2.24) is 5.32 Å². The van der Waals surface area contributed by atoms with Crippen molar-refractivity contribution in [3.63, 3.8) is 0 Å². The largest absolute Gasteiger partial charge is 0.306 e. The van der Waals surface area contributed by atoms with E-state index in [0.717, 1.165) is 12.8 Å². The van der Waals surface area contributed by atoms with Crippen LogP contribution in [0.15, 0.2) is 23.1 Å². The molecular weight excluding hydrogens is 222 g/mol. The average molecular weight is 239 g/mol. The molecule has 0 amide bonds. The standard InChI is InChI=1S/C12H17NO2S/c1-13-9-16(14,15)12-7-6-10-4-2-3-5-11(10)8-12/h6-8,13H,2-5,9H2,1H3. The van der Waals surface area contributed by atoms with Gasteiger partial charge in [0, 0.05) is 0 Å². The lowest BCUT2D eigenvalue weighted by Gasteiger charge is -2.16. The highest BCUT2D eigenvalue weighted by molar-refractivity contribution is 7.91. The second-order valence-electron chi connectivity index (χ2n) is 4.25. The first kappa shape index (κ1) is 11.6. The Labute approximate surface area is 96.8 Å². The summed E-state index contributed by atoms with van der Waals surface area (Å²) in [6.07, 6.45) is 4.48. The van der Waals surface area contributed by atoms with Crippen molar-refractivity contribution < 1.29 is 8.42 Å². The second-order valence-corrected chi connectivity index (χ2v) is 6.24. The van der Waals surface area contributed by atoms with E-state index in [0.29, 0.717) is 4.90 Å². The molecular formula is C12H17NO2S. The van der Waals surface area contributed by atoms with Crippen LogP contribution in [-0.4, -0.2) is 21.3 Å². The predicted octanol–water partition coefficient (Wildman–Crippen LogP) is 1.52. The van der Waals surface area contributed by atoms with Crippen LogP contribution in [0.1, 0.15) is 24.0 Å². The Hall–Kier alpha value is -0.870. The summed E-state index contributed by atoms with van der Waals surface area (Å²) in [5.74, 6) is 0.00574. The monoisotopic (exact) mass is 239 g/mol. The normalized spacial score (nSPS) is 15.8. The van der Waals surface area contributed by atoms with Crippen LogP contribution in [0.3, 0.4) is 0 Å². The number of hydrogen-bond acceptors (Lipinski definition) is 3. The minimum atomic E-state index is -3.15. The Morgan fingerprint density at radius 1 is 1.19 bits per heavy atom. The van der Waals surface area contributed by atoms with E-state index in [1.165, 1.54) is 24.0 Å². The molecule has 4 heteroatoms. The van der Waals surface area contributed by atoms with Gasteiger partial charge in [-0.2, -0.15) is 0 Å². The number of fused-ring (bicyclic) bond motifs is 1. The molecule has 1 aromatic carbocycles. The van der Waals surface area contributed by atoms with Gasteiger partial charge in [-0.1, -0.05) is 6.07 Å². The third-order valence-electron chi connectivity index (χ3n) is 3.01. The summed E-state index contributed by atoms with van der Waals surface area (Å²) in [6, 6.07) is 5.55. The summed E-state index contributed by atoms with van der Waals surface area (Å²) in [4.78, 5) is 0.447. The van der Waals surface area contributed by atoms with Crippen molar-refractivity contribution in [3.05, 3.63) is 29.3 Å². The van der Waals surface area contributed by atoms with E-state index in [-0.39, 0.29) is 5.88 Å². The third-order valence-corrected chi connectivity index (χ3v) is 4.65. The van der Waals surface area contributed by atoms with Gasteiger partial charge >= 0.3 is 0 Å². The summed E-state index contributed by atoms with van der Waals surface area (Å²) in [5.41, 5.74) is 2.53. The summed E-state index contributed by atoms with van der Waals surface area (Å²) in [6.45, 7) is 0. The van der Waals surface area contributed by atoms with Gasteiger partial charge in [-0.25, -0.2) is 8.42 Å². The molecule has 1 aliphatic rings. The van der Waals surface area contributed by atoms with E-state index in [1.807, 2.05) is 12.1 Å². The summed E-state index contributed by atoms with van der Waals surface area (Å²) in [7, 11) is -1.51. The number of hydrogen-bond donors (Lipinski definition) is 1. The quantitative estimate of drug-likeness (QED) is 0.870. The van der Waals surface area contributed by atoms with E-state index in [4.69, 9.17) is 0 Å². The molecule has 0 fully saturated rings. The van der Waals surface area contributed by atoms with Crippen molar-refractivity contribution in [2.75, 3.05) is 12.9 Å². The third kappa shape index (κ3) is 2.28. The summed E-state index contributed by atoms with van der Waals surface area (Å²) < 4.78 is 23.7. The minimum Gasteiger partial charge on any atom is -0.306 e. The maximum absolute atomic E-state index is 11.9. The van der Waals surface area contributed by atoms with Gasteiger partial charge in [0.25, 0.3) is 0 Å². The molecule has 0 bridgehead atoms. The molecule has 0 saturated carbocycles. The van der Waals surface area contributed by atoms with Crippen molar-refractivity contribution in [1.29, 1.82) is 0 Å². The van der Waals surface area contributed by atoms with Gasteiger partial charge in [-0.05, 0) is 56.0 Å². The molecule has 1 aromatic rings. The van der Waals surface area contributed by atoms with Gasteiger partial charge in [0.15, 0.2) is 9.84 Å². The lowest BCUT2D eigenvalue weighted by Crippen LogP contribution is -2.19. The maximum atomic E-state index is 11.9. The van der Waals surface area contributed by atoms with E-state index in [1.54, 1.807) is 13.1 Å². The molecule has 88 valence electrons. The number of rotatable bonds is 3. The lowest BCUT2D eigenvalue weighted by atomic mass is 9.92. The van der Waals surface area contributed by atoms with Crippen molar-refractivity contribution in [3.8, 4) is 0 Å². The highest BCUT2D eigenvalue weighted by atomic mass is 32.2. The Balaban J connectivity index is 2.37. The molecule has 2 rings (SSSR count). The molecule has 0 aromatic heterocycles. The summed E-state index contributed by atoms with van der Waals surface area (Å²) >= 11 is 0. The molecule has 1 aliphatic carbocycles. The number of benzene rings is 1. The Kier molecular flexibility index (Phi) is 3.30. The molecule has 0 saturated heterocycles. The van der Waals surface area contributed by atoms with Gasteiger partial charge in [0.1, 0.15) is 5.88 Å². The molecule has 0 radical (unpaired) electrons. The van der Waals surface area contributed by atoms with Crippen LogP contribution in [-0.2, 0) is 22.7 Å². The zero-order valence-corrected chi connectivity index (χ0v) is 10.3. The van der Waals surface area contributed by atoms with E-state index in [9.17, 15) is 8.42 Å². The second kappa shape index (κ2) is 4.55. The molecule has 0 spiro atoms. The Bertz CT molecular complexity index is 480. The van der Waals surface area contributed by atoms with Crippen molar-refractivity contribution in [2.45, 2.75) is 30.6 Å². The predicted molar refractivity (Wildman–Crippen MR) is 64.2 cm³/mol. The Morgan fingerprint density at radius 2 is 1.88 bits per heavy atom. The zero-order chi connectivity index (χ0) is 11.6. The van der Waals surface area contributed by atoms with Gasteiger partial charge in [-0.3, -0.25) is 0 Å². The lowest BCUT2D eigenvalue weighted by molar-refractivity contribution is 0.591. The van der Waals surface area contributed by atoms with Gasteiger partial charge in [-0.15, -0.1) is 0 Å². The van der Waals surface area contributed by atoms with Crippen LogP contribution >= 0.6 is 0 Å². The molecule has 0 unspecified atom stereocenters. The maximum Gasteiger partial charge on any atom is 0.191 e. The van der Waals surface area contributed by atoms with Crippen LogP contribution in [0.2, 0.25) is 0 Å². The van der Waals surface area contributed by atoms with Crippen molar-refractivity contribution >= 4 is 9.84 Å². The SMILES string of the molecule is CNCS(=O)(=O)c1ccc2c(c1)CCCC2. The molecule has 0 heterocycles. The number of nitrogens with one attached hydrogen (secondary N) is 1. The first-order valence-electron chi connectivity index (χ1n) is 5.62. The van der Waals surface area contributed by atoms with Crippen molar-refractivity contribution in [2.24, 2.45) is 0 Å². The zero-order valence-electron chi connectivity index (χ0n) is 9.49. The average Bonchev–Trinajstić information content (AvgIpc) is 2.28. The smallest absolute Gasteiger partial charge is 0.191 e. The van der Waals surface area contributed by atoms with Gasteiger partial charge < -0.3 is 5.32 Å². The number of aryl methyl sites for hydroxylation is 2. The molecule has 0 atom stereocenters. The topological polar surface area (TPSA) is 46.2 Å². The molecule has 16 heavy (non-hydrogen) atoms. The minimum absolute atomic E-state index is 0.00574. The fraction of sp³-hybridized carbons (Fsp3) is 0.500. The number of sulfone groups is 1. The van der Waals surface area contributed by atoms with E-state index >= 15 is 0 Å². The fourth-order valence-corrected chi connectivity index (χ4v) is 3.32. The molecule has 1 N–H and O–H groups in total. The molecule has 3 nitrogen and oxygen atoms in total. The highest BCUT2D eigenvalue weighted by Gasteiger charge is 2.16. The van der Waals surface area contributed by atoms with Crippen LogP contribution in [0.4, 0.5) is 0 Å². The van der Waals surface area contributed by atoms with E-state index in [2.05, 4.69) is 5.32 Å².